The van der Waals surface area contributed by atoms with E-state index >= 15 is 0 Å². The first-order valence-corrected chi connectivity index (χ1v) is 21.1. The van der Waals surface area contributed by atoms with Gasteiger partial charge in [-0.05, 0) is 22.3 Å². The second-order valence-corrected chi connectivity index (χ2v) is 15.6. The molecule has 61 heavy (non-hydrogen) atoms. The Morgan fingerprint density at radius 1 is 0.508 bits per heavy atom. The van der Waals surface area contributed by atoms with Gasteiger partial charge in [0.2, 0.25) is 11.9 Å². The first-order valence-electron chi connectivity index (χ1n) is 20.0. The summed E-state index contributed by atoms with van der Waals surface area (Å²) in [6.45, 7) is 6.39. The van der Waals surface area contributed by atoms with Crippen LogP contribution in [0.3, 0.4) is 0 Å². The Morgan fingerprint density at radius 3 is 1.43 bits per heavy atom. The van der Waals surface area contributed by atoms with Crippen molar-refractivity contribution >= 4 is 61.2 Å². The van der Waals surface area contributed by atoms with Crippen molar-refractivity contribution < 1.29 is 0 Å². The molecule has 0 saturated heterocycles. The third-order valence-corrected chi connectivity index (χ3v) is 11.2. The van der Waals surface area contributed by atoms with Crippen LogP contribution in [0.25, 0.3) is 56.1 Å². The Hall–Kier alpha value is -7.08. The van der Waals surface area contributed by atoms with Crippen molar-refractivity contribution in [3.63, 3.8) is 0 Å². The zero-order chi connectivity index (χ0) is 41.3. The minimum atomic E-state index is 0.300. The summed E-state index contributed by atoms with van der Waals surface area (Å²) in [6, 6.07) is 36.8. The maximum atomic E-state index is 6.22. The van der Waals surface area contributed by atoms with Crippen LogP contribution in [0.15, 0.2) is 122 Å². The highest BCUT2D eigenvalue weighted by Gasteiger charge is 2.21. The molecule has 8 heterocycles. The number of aromatic nitrogens is 12. The molecule has 0 aliphatic carbocycles. The summed E-state index contributed by atoms with van der Waals surface area (Å²) in [6.07, 6.45) is 3.56. The molecule has 0 unspecified atom stereocenters. The number of rotatable bonds is 7. The van der Waals surface area contributed by atoms with Gasteiger partial charge in [0.25, 0.3) is 0 Å². The lowest BCUT2D eigenvalue weighted by Gasteiger charge is -2.14. The number of fused-ring (bicyclic) bond motifs is 8. The number of aryl methyl sites for hydroxylation is 1. The van der Waals surface area contributed by atoms with Crippen molar-refractivity contribution in [2.24, 2.45) is 0 Å². The van der Waals surface area contributed by atoms with E-state index in [0.717, 1.165) is 77.8 Å². The van der Waals surface area contributed by atoms with Crippen LogP contribution in [0.2, 0.25) is 0 Å². The van der Waals surface area contributed by atoms with Crippen molar-refractivity contribution in [3.8, 4) is 22.8 Å². The van der Waals surface area contributed by atoms with E-state index in [9.17, 15) is 0 Å². The smallest absolute Gasteiger partial charge is 0.225 e. The molecule has 2 aliphatic heterocycles. The molecule has 12 rings (SSSR count). The number of anilines is 2. The zero-order valence-electron chi connectivity index (χ0n) is 33.1. The molecule has 0 bridgehead atoms. The fourth-order valence-electron chi connectivity index (χ4n) is 7.77. The van der Waals surface area contributed by atoms with Gasteiger partial charge >= 0.3 is 0 Å². The number of nitrogens with two attached hydrogens (primary N) is 2. The number of halogens is 1. The number of nitrogens with one attached hydrogen (secondary N) is 1. The molecule has 0 spiro atoms. The summed E-state index contributed by atoms with van der Waals surface area (Å²) in [4.78, 5) is 20.7. The maximum Gasteiger partial charge on any atom is 0.225 e. The van der Waals surface area contributed by atoms with Crippen LogP contribution < -0.4 is 16.8 Å². The summed E-state index contributed by atoms with van der Waals surface area (Å²) in [5.74, 6) is 1.85. The van der Waals surface area contributed by atoms with Gasteiger partial charge in [-0.25, -0.2) is 19.3 Å². The van der Waals surface area contributed by atoms with Crippen molar-refractivity contribution in [3.05, 3.63) is 144 Å². The Labute approximate surface area is 358 Å². The predicted molar refractivity (Wildman–Crippen MR) is 239 cm³/mol. The normalized spacial score (nSPS) is 13.3. The van der Waals surface area contributed by atoms with Crippen molar-refractivity contribution in [2.45, 2.75) is 39.3 Å². The first-order chi connectivity index (χ1) is 30.0. The van der Waals surface area contributed by atoms with E-state index in [4.69, 9.17) is 16.5 Å². The summed E-state index contributed by atoms with van der Waals surface area (Å²) >= 11 is 3.41. The lowest BCUT2D eigenvalue weighted by atomic mass is 10.1. The lowest BCUT2D eigenvalue weighted by Crippen LogP contribution is -2.22. The number of alkyl halides is 1. The van der Waals surface area contributed by atoms with Crippen LogP contribution in [-0.4, -0.2) is 75.5 Å². The van der Waals surface area contributed by atoms with Crippen LogP contribution in [0.1, 0.15) is 22.3 Å². The fourth-order valence-corrected chi connectivity index (χ4v) is 8.11. The minimum absolute atomic E-state index is 0.300. The molecular weight excluding hydrogens is 832 g/mol. The van der Waals surface area contributed by atoms with E-state index in [1.807, 2.05) is 65.3 Å². The van der Waals surface area contributed by atoms with Gasteiger partial charge in [-0.2, -0.15) is 29.2 Å². The fraction of sp³-hybridized carbons (Fsp3) is 0.182. The summed E-state index contributed by atoms with van der Waals surface area (Å²) in [5, 5.41) is 23.7. The second kappa shape index (κ2) is 16.5. The number of hydrogen-bond acceptors (Lipinski definition) is 12. The second-order valence-electron chi connectivity index (χ2n) is 14.8. The quantitative estimate of drug-likeness (QED) is 0.155. The van der Waals surface area contributed by atoms with Crippen molar-refractivity contribution in [1.82, 2.24) is 68.9 Å². The van der Waals surface area contributed by atoms with Crippen LogP contribution in [0, 0.1) is 0 Å². The van der Waals surface area contributed by atoms with Crippen molar-refractivity contribution in [2.75, 3.05) is 23.3 Å². The standard InChI is InChI=1S/C22H20N8.C14H12BrN7.C8H9N/c23-22-26-20-18(21-25-19(27-30(21)22)15-6-2-1-3-7-15)12-24-29(20)11-10-28-13-16-8-4-5-9-17(16)14-28;15-6-7-21-12-10(8-17-21)13-18-11(9-4-2-1-3-5-9)20-22(13)14(16)19-12;1-2-4-8-6-9-5-7(8)3-1/h1-9,12H,10-11,13-14H2,(H2,23,26);1-5,8H,6-7H2,(H2,16,19);1-4,9H,5-6H2. The number of nitrogens with zero attached hydrogens (tertiary/aromatic N) is 13. The molecule has 5 N–H and O–H groups in total. The lowest BCUT2D eigenvalue weighted by molar-refractivity contribution is 0.268. The Bertz CT molecular complexity index is 3090. The van der Waals surface area contributed by atoms with E-state index in [-0.39, 0.29) is 0 Å². The van der Waals surface area contributed by atoms with Crippen LogP contribution in [-0.2, 0) is 39.3 Å². The molecule has 6 aromatic heterocycles. The summed E-state index contributed by atoms with van der Waals surface area (Å²) < 4.78 is 6.86. The van der Waals surface area contributed by atoms with Crippen LogP contribution >= 0.6 is 15.9 Å². The van der Waals surface area contributed by atoms with E-state index < -0.39 is 0 Å². The SMILES string of the molecule is Nc1nc2c(cnn2CCBr)c2nc(-c3ccccc3)nn12.Nc1nc2c(cnn2CCN2Cc3ccccc3C2)c2nc(-c3ccccc3)nn12.c1ccc2c(c1)CNC2. The summed E-state index contributed by atoms with van der Waals surface area (Å²) in [5.41, 5.74) is 22.7. The molecular formula is C44H41BrN16. The van der Waals surface area contributed by atoms with Gasteiger partial charge in [0.05, 0.1) is 36.3 Å². The molecule has 0 atom stereocenters. The van der Waals surface area contributed by atoms with Crippen molar-refractivity contribution in [1.29, 1.82) is 0 Å². The molecule has 0 radical (unpaired) electrons. The largest absolute Gasteiger partial charge is 0.368 e. The highest BCUT2D eigenvalue weighted by Crippen LogP contribution is 2.26. The van der Waals surface area contributed by atoms with Gasteiger partial charge in [0, 0.05) is 49.2 Å². The molecule has 10 aromatic rings. The van der Waals surface area contributed by atoms with Gasteiger partial charge in [0.1, 0.15) is 0 Å². The van der Waals surface area contributed by atoms with Gasteiger partial charge in [-0.1, -0.05) is 125 Å². The average molecular weight is 874 g/mol. The summed E-state index contributed by atoms with van der Waals surface area (Å²) in [7, 11) is 0. The average Bonchev–Trinajstić information content (AvgIpc) is 4.16. The third kappa shape index (κ3) is 7.54. The molecule has 0 fully saturated rings. The number of nitrogen functional groups attached to an aromatic ring is 2. The Balaban J connectivity index is 0.000000125. The molecule has 16 nitrogen and oxygen atoms in total. The minimum Gasteiger partial charge on any atom is -0.368 e. The van der Waals surface area contributed by atoms with Gasteiger partial charge < -0.3 is 16.8 Å². The third-order valence-electron chi connectivity index (χ3n) is 10.8. The van der Waals surface area contributed by atoms with Gasteiger partial charge in [-0.3, -0.25) is 4.90 Å². The Kier molecular flexibility index (Phi) is 10.3. The number of hydrogen-bond donors (Lipinski definition) is 3. The van der Waals surface area contributed by atoms with Crippen LogP contribution in [0.5, 0.6) is 0 Å². The predicted octanol–water partition coefficient (Wildman–Crippen LogP) is 6.15. The zero-order valence-corrected chi connectivity index (χ0v) is 34.6. The Morgan fingerprint density at radius 2 is 0.951 bits per heavy atom. The van der Waals surface area contributed by atoms with E-state index in [1.165, 1.54) is 22.3 Å². The monoisotopic (exact) mass is 872 g/mol. The van der Waals surface area contributed by atoms with E-state index in [1.54, 1.807) is 26.1 Å². The molecule has 2 aliphatic rings. The highest BCUT2D eigenvalue weighted by molar-refractivity contribution is 9.09. The molecule has 0 amide bonds. The topological polar surface area (TPSA) is 189 Å². The molecule has 4 aromatic carbocycles. The number of benzene rings is 4. The van der Waals surface area contributed by atoms with Gasteiger partial charge in [0.15, 0.2) is 34.2 Å². The van der Waals surface area contributed by atoms with Crippen LogP contribution in [0.4, 0.5) is 11.9 Å². The molecule has 0 saturated carbocycles. The van der Waals surface area contributed by atoms with Gasteiger partial charge in [-0.15, -0.1) is 10.2 Å². The highest BCUT2D eigenvalue weighted by atomic mass is 79.9. The van der Waals surface area contributed by atoms with E-state index in [0.29, 0.717) is 41.4 Å². The first kappa shape index (κ1) is 38.1. The molecule has 304 valence electrons. The molecule has 17 heteroatoms. The maximum absolute atomic E-state index is 6.22. The van der Waals surface area contributed by atoms with E-state index in [2.05, 4.69) is 110 Å².